The van der Waals surface area contributed by atoms with E-state index >= 15 is 0 Å². The lowest BCUT2D eigenvalue weighted by atomic mass is 9.90. The van der Waals surface area contributed by atoms with Crippen molar-refractivity contribution in [2.45, 2.75) is 56.2 Å². The zero-order chi connectivity index (χ0) is 21.5. The molecule has 3 aromatic rings. The molecule has 1 aliphatic heterocycles. The van der Waals surface area contributed by atoms with E-state index in [1.807, 2.05) is 30.3 Å². The topological polar surface area (TPSA) is 70.4 Å². The molecule has 158 valence electrons. The van der Waals surface area contributed by atoms with Crippen LogP contribution in [0, 0.1) is 0 Å². The molecule has 30 heavy (non-hydrogen) atoms. The first kappa shape index (κ1) is 21.1. The lowest BCUT2D eigenvalue weighted by molar-refractivity contribution is -0.139. The molecule has 3 heterocycles. The number of ether oxygens (including phenoxy) is 2. The molecule has 0 fully saturated rings. The highest BCUT2D eigenvalue weighted by molar-refractivity contribution is 8.00. The number of fused-ring (bicyclic) bond motifs is 3. The standard InChI is InChI=1S/C22H24N2O4S2/c1-5-22(3)11-15-16(12-28-22)30-18-17(15)19(25)24(14-9-7-6-8-10-14)21(23-18)29-13(2)20(26)27-4/h6-10,13H,5,11-12H2,1-4H3/t13-,22+/m1/s1. The molecule has 0 radical (unpaired) electrons. The number of carbonyl (C=O) groups is 1. The van der Waals surface area contributed by atoms with Crippen LogP contribution in [0.15, 0.2) is 40.3 Å². The molecule has 1 aromatic carbocycles. The van der Waals surface area contributed by atoms with E-state index in [-0.39, 0.29) is 17.1 Å². The van der Waals surface area contributed by atoms with Crippen molar-refractivity contribution in [2.24, 2.45) is 0 Å². The molecule has 8 heteroatoms. The Labute approximate surface area is 183 Å². The Morgan fingerprint density at radius 3 is 2.80 bits per heavy atom. The molecule has 0 bridgehead atoms. The first-order valence-electron chi connectivity index (χ1n) is 9.88. The van der Waals surface area contributed by atoms with Crippen molar-refractivity contribution in [2.75, 3.05) is 7.11 Å². The highest BCUT2D eigenvalue weighted by atomic mass is 32.2. The normalized spacial score (nSPS) is 19.5. The van der Waals surface area contributed by atoms with Gasteiger partial charge in [0.25, 0.3) is 5.56 Å². The summed E-state index contributed by atoms with van der Waals surface area (Å²) in [5, 5.41) is 0.655. The third kappa shape index (κ3) is 3.68. The molecule has 0 aliphatic carbocycles. The van der Waals surface area contributed by atoms with Crippen LogP contribution in [0.3, 0.4) is 0 Å². The monoisotopic (exact) mass is 444 g/mol. The number of esters is 1. The number of thiophene rings is 1. The predicted octanol–water partition coefficient (Wildman–Crippen LogP) is 4.34. The molecular formula is C22H24N2O4S2. The molecule has 1 aliphatic rings. The summed E-state index contributed by atoms with van der Waals surface area (Å²) < 4.78 is 12.5. The van der Waals surface area contributed by atoms with Crippen molar-refractivity contribution in [3.63, 3.8) is 0 Å². The summed E-state index contributed by atoms with van der Waals surface area (Å²) in [7, 11) is 1.36. The number of nitrogens with zero attached hydrogens (tertiary/aromatic N) is 2. The van der Waals surface area contributed by atoms with Gasteiger partial charge in [0.1, 0.15) is 10.1 Å². The molecule has 0 amide bonds. The zero-order valence-corrected chi connectivity index (χ0v) is 19.1. The van der Waals surface area contributed by atoms with Gasteiger partial charge in [-0.05, 0) is 38.0 Å². The summed E-state index contributed by atoms with van der Waals surface area (Å²) in [5.41, 5.74) is 1.38. The van der Waals surface area contributed by atoms with Gasteiger partial charge in [-0.3, -0.25) is 14.2 Å². The second kappa shape index (κ2) is 8.17. The minimum atomic E-state index is -0.490. The number of rotatable bonds is 5. The second-order valence-electron chi connectivity index (χ2n) is 7.61. The minimum Gasteiger partial charge on any atom is -0.468 e. The largest absolute Gasteiger partial charge is 0.468 e. The van der Waals surface area contributed by atoms with E-state index in [1.165, 1.54) is 30.2 Å². The molecular weight excluding hydrogens is 420 g/mol. The van der Waals surface area contributed by atoms with Crippen LogP contribution in [0.25, 0.3) is 15.9 Å². The molecule has 0 spiro atoms. The van der Waals surface area contributed by atoms with Crippen LogP contribution < -0.4 is 5.56 Å². The van der Waals surface area contributed by atoms with E-state index in [2.05, 4.69) is 13.8 Å². The van der Waals surface area contributed by atoms with E-state index in [0.717, 1.165) is 22.5 Å². The Bertz CT molecular complexity index is 1160. The van der Waals surface area contributed by atoms with Gasteiger partial charge in [-0.25, -0.2) is 4.98 Å². The molecule has 0 saturated carbocycles. The van der Waals surface area contributed by atoms with Crippen LogP contribution in [0.5, 0.6) is 0 Å². The van der Waals surface area contributed by atoms with Crippen LogP contribution >= 0.6 is 23.1 Å². The molecule has 0 N–H and O–H groups in total. The third-order valence-electron chi connectivity index (χ3n) is 5.56. The van der Waals surface area contributed by atoms with Gasteiger partial charge in [-0.2, -0.15) is 0 Å². The van der Waals surface area contributed by atoms with Gasteiger partial charge in [-0.1, -0.05) is 36.9 Å². The van der Waals surface area contributed by atoms with E-state index in [0.29, 0.717) is 28.4 Å². The number of carbonyl (C=O) groups excluding carboxylic acids is 1. The van der Waals surface area contributed by atoms with Gasteiger partial charge in [0.05, 0.1) is 30.4 Å². The van der Waals surface area contributed by atoms with Gasteiger partial charge in [0, 0.05) is 11.3 Å². The molecule has 2 atom stereocenters. The Hall–Kier alpha value is -2.16. The number of thioether (sulfide) groups is 1. The maximum absolute atomic E-state index is 13.8. The fraction of sp³-hybridized carbons (Fsp3) is 0.409. The van der Waals surface area contributed by atoms with Crippen molar-refractivity contribution in [3.05, 3.63) is 51.1 Å². The minimum absolute atomic E-state index is 0.108. The van der Waals surface area contributed by atoms with Gasteiger partial charge in [0.15, 0.2) is 5.16 Å². The summed E-state index contributed by atoms with van der Waals surface area (Å²) in [4.78, 5) is 32.3. The highest BCUT2D eigenvalue weighted by Gasteiger charge is 2.34. The van der Waals surface area contributed by atoms with Gasteiger partial charge >= 0.3 is 5.97 Å². The zero-order valence-electron chi connectivity index (χ0n) is 17.4. The van der Waals surface area contributed by atoms with Crippen molar-refractivity contribution in [3.8, 4) is 5.69 Å². The fourth-order valence-corrected chi connectivity index (χ4v) is 5.68. The number of hydrogen-bond donors (Lipinski definition) is 0. The first-order chi connectivity index (χ1) is 14.4. The molecule has 6 nitrogen and oxygen atoms in total. The lowest BCUT2D eigenvalue weighted by Crippen LogP contribution is -2.34. The van der Waals surface area contributed by atoms with Crippen molar-refractivity contribution in [1.29, 1.82) is 0 Å². The van der Waals surface area contributed by atoms with Crippen LogP contribution in [0.2, 0.25) is 0 Å². The maximum atomic E-state index is 13.8. The third-order valence-corrected chi connectivity index (χ3v) is 7.69. The Morgan fingerprint density at radius 1 is 1.40 bits per heavy atom. The van der Waals surface area contributed by atoms with Gasteiger partial charge in [0.2, 0.25) is 0 Å². The summed E-state index contributed by atoms with van der Waals surface area (Å²) >= 11 is 2.74. The first-order valence-corrected chi connectivity index (χ1v) is 11.6. The van der Waals surface area contributed by atoms with Crippen molar-refractivity contribution < 1.29 is 14.3 Å². The van der Waals surface area contributed by atoms with Crippen molar-refractivity contribution in [1.82, 2.24) is 9.55 Å². The lowest BCUT2D eigenvalue weighted by Gasteiger charge is -2.32. The summed E-state index contributed by atoms with van der Waals surface area (Å²) in [5.74, 6) is -0.355. The average molecular weight is 445 g/mol. The van der Waals surface area contributed by atoms with Crippen LogP contribution in [-0.2, 0) is 27.3 Å². The quantitative estimate of drug-likeness (QED) is 0.331. The van der Waals surface area contributed by atoms with E-state index < -0.39 is 5.25 Å². The number of aromatic nitrogens is 2. The second-order valence-corrected chi connectivity index (χ2v) is 10.00. The van der Waals surface area contributed by atoms with Crippen molar-refractivity contribution >= 4 is 39.3 Å². The Morgan fingerprint density at radius 2 is 2.13 bits per heavy atom. The van der Waals surface area contributed by atoms with E-state index in [1.54, 1.807) is 11.5 Å². The van der Waals surface area contributed by atoms with Crippen LogP contribution in [0.1, 0.15) is 37.6 Å². The number of benzene rings is 1. The summed E-state index contributed by atoms with van der Waals surface area (Å²) in [6, 6.07) is 9.42. The van der Waals surface area contributed by atoms with Gasteiger partial charge < -0.3 is 9.47 Å². The predicted molar refractivity (Wildman–Crippen MR) is 120 cm³/mol. The van der Waals surface area contributed by atoms with Crippen LogP contribution in [0.4, 0.5) is 0 Å². The Kier molecular flexibility index (Phi) is 5.74. The molecule has 0 unspecified atom stereocenters. The highest BCUT2D eigenvalue weighted by Crippen LogP contribution is 2.39. The Balaban J connectivity index is 1.94. The summed E-state index contributed by atoms with van der Waals surface area (Å²) in [6.45, 7) is 6.43. The molecule has 2 aromatic heterocycles. The number of para-hydroxylation sites is 1. The average Bonchev–Trinajstić information content (AvgIpc) is 3.11. The molecule has 4 rings (SSSR count). The number of hydrogen-bond acceptors (Lipinski definition) is 7. The maximum Gasteiger partial charge on any atom is 0.318 e. The van der Waals surface area contributed by atoms with E-state index in [4.69, 9.17) is 14.5 Å². The summed E-state index contributed by atoms with van der Waals surface area (Å²) in [6.07, 6.45) is 1.56. The molecule has 0 saturated heterocycles. The van der Waals surface area contributed by atoms with Gasteiger partial charge in [-0.15, -0.1) is 11.3 Å². The SMILES string of the molecule is CC[C@@]1(C)Cc2c(sc3nc(S[C@H](C)C(=O)OC)n(-c4ccccc4)c(=O)c23)CO1. The fourth-order valence-electron chi connectivity index (χ4n) is 3.58. The smallest absolute Gasteiger partial charge is 0.318 e. The van der Waals surface area contributed by atoms with Crippen LogP contribution in [-0.4, -0.2) is 33.5 Å². The van der Waals surface area contributed by atoms with E-state index in [9.17, 15) is 9.59 Å². The number of methoxy groups -OCH3 is 1.